The molecule has 0 fully saturated rings. The van der Waals surface area contributed by atoms with Gasteiger partial charge in [0.05, 0.1) is 13.3 Å². The van der Waals surface area contributed by atoms with E-state index in [1.807, 2.05) is 0 Å². The molecule has 6 nitrogen and oxygen atoms in total. The maximum atomic E-state index is 12.1. The Balaban J connectivity index is 2.19. The summed E-state index contributed by atoms with van der Waals surface area (Å²) in [5, 5.41) is 2.79. The number of halogens is 3. The Morgan fingerprint density at radius 3 is 2.52 bits per heavy atom. The van der Waals surface area contributed by atoms with E-state index in [1.165, 1.54) is 7.11 Å². The molecule has 122 valence electrons. The van der Waals surface area contributed by atoms with E-state index in [0.717, 1.165) is 6.20 Å². The fraction of sp³-hybridized carbons (Fsp3) is 0.214. The lowest BCUT2D eigenvalue weighted by Crippen LogP contribution is -2.20. The van der Waals surface area contributed by atoms with E-state index in [9.17, 15) is 18.0 Å². The van der Waals surface area contributed by atoms with Gasteiger partial charge in [-0.1, -0.05) is 0 Å². The minimum absolute atomic E-state index is 0.00941. The molecule has 0 aliphatic heterocycles. The van der Waals surface area contributed by atoms with E-state index in [0.29, 0.717) is 17.7 Å². The molecular weight excluding hydrogens is 315 g/mol. The maximum Gasteiger partial charge on any atom is 0.422 e. The van der Waals surface area contributed by atoms with Crippen LogP contribution in [0.4, 0.5) is 24.7 Å². The molecule has 1 N–H and O–H groups in total. The number of hydrogen-bond acceptors (Lipinski definition) is 6. The summed E-state index contributed by atoms with van der Waals surface area (Å²) >= 11 is 0. The third kappa shape index (κ3) is 4.83. The molecule has 0 atom stereocenters. The van der Waals surface area contributed by atoms with Crippen molar-refractivity contribution >= 4 is 17.8 Å². The van der Waals surface area contributed by atoms with Crippen LogP contribution in [0.15, 0.2) is 30.5 Å². The molecular formula is C14H12F3N3O3. The van der Waals surface area contributed by atoms with E-state index in [-0.39, 0.29) is 17.4 Å². The monoisotopic (exact) mass is 327 g/mol. The van der Waals surface area contributed by atoms with Gasteiger partial charge in [0.15, 0.2) is 18.7 Å². The molecule has 0 bridgehead atoms. The van der Waals surface area contributed by atoms with E-state index < -0.39 is 12.8 Å². The molecule has 0 aliphatic rings. The molecule has 1 aromatic carbocycles. The van der Waals surface area contributed by atoms with Crippen molar-refractivity contribution in [1.29, 1.82) is 0 Å². The van der Waals surface area contributed by atoms with Gasteiger partial charge in [-0.05, 0) is 24.3 Å². The highest BCUT2D eigenvalue weighted by Crippen LogP contribution is 2.22. The highest BCUT2D eigenvalue weighted by atomic mass is 19.4. The fourth-order valence-electron chi connectivity index (χ4n) is 1.60. The van der Waals surface area contributed by atoms with Crippen molar-refractivity contribution in [3.63, 3.8) is 0 Å². The van der Waals surface area contributed by atoms with Gasteiger partial charge in [-0.2, -0.15) is 18.2 Å². The molecule has 0 radical (unpaired) electrons. The van der Waals surface area contributed by atoms with Gasteiger partial charge in [0, 0.05) is 5.69 Å². The van der Waals surface area contributed by atoms with Crippen molar-refractivity contribution in [2.75, 3.05) is 19.0 Å². The number of rotatable bonds is 6. The van der Waals surface area contributed by atoms with Gasteiger partial charge in [-0.3, -0.25) is 4.79 Å². The first-order chi connectivity index (χ1) is 10.9. The average Bonchev–Trinajstić information content (AvgIpc) is 2.53. The summed E-state index contributed by atoms with van der Waals surface area (Å²) in [5.74, 6) is 0.272. The van der Waals surface area contributed by atoms with Gasteiger partial charge in [-0.15, -0.1) is 0 Å². The Labute approximate surface area is 129 Å². The number of hydrogen-bond donors (Lipinski definition) is 1. The van der Waals surface area contributed by atoms with Crippen LogP contribution >= 0.6 is 0 Å². The second-order valence-electron chi connectivity index (χ2n) is 4.32. The predicted molar refractivity (Wildman–Crippen MR) is 75.2 cm³/mol. The normalized spacial score (nSPS) is 11.0. The largest absolute Gasteiger partial charge is 0.497 e. The second kappa shape index (κ2) is 6.95. The maximum absolute atomic E-state index is 12.1. The minimum Gasteiger partial charge on any atom is -0.497 e. The van der Waals surface area contributed by atoms with E-state index in [1.54, 1.807) is 24.3 Å². The molecule has 0 spiro atoms. The van der Waals surface area contributed by atoms with Gasteiger partial charge >= 0.3 is 6.18 Å². The predicted octanol–water partition coefficient (Wildman–Crippen LogP) is 2.98. The SMILES string of the molecule is COc1ccc(Nc2nc(OCC(F)(F)F)cnc2C=O)cc1. The van der Waals surface area contributed by atoms with Crippen molar-refractivity contribution in [2.45, 2.75) is 6.18 Å². The van der Waals surface area contributed by atoms with Gasteiger partial charge in [0.25, 0.3) is 0 Å². The van der Waals surface area contributed by atoms with Crippen molar-refractivity contribution in [2.24, 2.45) is 0 Å². The fourth-order valence-corrected chi connectivity index (χ4v) is 1.60. The van der Waals surface area contributed by atoms with Gasteiger partial charge in [0.1, 0.15) is 11.4 Å². The van der Waals surface area contributed by atoms with Crippen LogP contribution < -0.4 is 14.8 Å². The number of aldehydes is 1. The summed E-state index contributed by atoms with van der Waals surface area (Å²) in [6.45, 7) is -1.50. The summed E-state index contributed by atoms with van der Waals surface area (Å²) in [4.78, 5) is 18.5. The lowest BCUT2D eigenvalue weighted by Gasteiger charge is -2.11. The van der Waals surface area contributed by atoms with Gasteiger partial charge in [0.2, 0.25) is 5.88 Å². The zero-order valence-corrected chi connectivity index (χ0v) is 11.9. The minimum atomic E-state index is -4.49. The lowest BCUT2D eigenvalue weighted by molar-refractivity contribution is -0.154. The van der Waals surface area contributed by atoms with Crippen molar-refractivity contribution < 1.29 is 27.4 Å². The van der Waals surface area contributed by atoms with Crippen LogP contribution in [-0.4, -0.2) is 36.1 Å². The highest BCUT2D eigenvalue weighted by molar-refractivity contribution is 5.81. The van der Waals surface area contributed by atoms with Crippen LogP contribution in [0.2, 0.25) is 0 Å². The number of benzene rings is 1. The summed E-state index contributed by atoms with van der Waals surface area (Å²) in [5.41, 5.74) is 0.497. The molecule has 1 heterocycles. The number of methoxy groups -OCH3 is 1. The standard InChI is InChI=1S/C14H12F3N3O3/c1-22-10-4-2-9(3-5-10)19-13-11(7-21)18-6-12(20-13)23-8-14(15,16)17/h2-7H,8H2,1H3,(H,19,20). The molecule has 0 saturated carbocycles. The molecule has 0 amide bonds. The third-order valence-corrected chi connectivity index (χ3v) is 2.63. The smallest absolute Gasteiger partial charge is 0.422 e. The van der Waals surface area contributed by atoms with Crippen LogP contribution in [-0.2, 0) is 0 Å². The summed E-state index contributed by atoms with van der Waals surface area (Å²) < 4.78 is 46.0. The Bertz CT molecular complexity index is 675. The number of anilines is 2. The molecule has 23 heavy (non-hydrogen) atoms. The number of carbonyl (C=O) groups is 1. The Morgan fingerprint density at radius 2 is 1.96 bits per heavy atom. The molecule has 0 aliphatic carbocycles. The first kappa shape index (κ1) is 16.5. The van der Waals surface area contributed by atoms with Gasteiger partial charge in [-0.25, -0.2) is 4.98 Å². The number of nitrogens with one attached hydrogen (secondary N) is 1. The second-order valence-corrected chi connectivity index (χ2v) is 4.32. The average molecular weight is 327 g/mol. The summed E-state index contributed by atoms with van der Waals surface area (Å²) in [6.07, 6.45) is -3.10. The van der Waals surface area contributed by atoms with Crippen molar-refractivity contribution in [3.8, 4) is 11.6 Å². The summed E-state index contributed by atoms with van der Waals surface area (Å²) in [7, 11) is 1.51. The number of aromatic nitrogens is 2. The molecule has 2 rings (SSSR count). The van der Waals surface area contributed by atoms with Crippen molar-refractivity contribution in [3.05, 3.63) is 36.2 Å². The zero-order valence-electron chi connectivity index (χ0n) is 11.9. The van der Waals surface area contributed by atoms with Crippen LogP contribution in [0.25, 0.3) is 0 Å². The molecule has 1 aromatic heterocycles. The molecule has 9 heteroatoms. The lowest BCUT2D eigenvalue weighted by atomic mass is 10.3. The molecule has 2 aromatic rings. The highest BCUT2D eigenvalue weighted by Gasteiger charge is 2.28. The number of alkyl halides is 3. The first-order valence-electron chi connectivity index (χ1n) is 6.34. The quantitative estimate of drug-likeness (QED) is 0.822. The first-order valence-corrected chi connectivity index (χ1v) is 6.34. The van der Waals surface area contributed by atoms with E-state index in [4.69, 9.17) is 4.74 Å². The Kier molecular flexibility index (Phi) is 4.99. The third-order valence-electron chi connectivity index (χ3n) is 2.63. The Morgan fingerprint density at radius 1 is 1.26 bits per heavy atom. The van der Waals surface area contributed by atoms with Gasteiger partial charge < -0.3 is 14.8 Å². The van der Waals surface area contributed by atoms with Crippen LogP contribution in [0.3, 0.4) is 0 Å². The number of nitrogens with zero attached hydrogens (tertiary/aromatic N) is 2. The topological polar surface area (TPSA) is 73.3 Å². The van der Waals surface area contributed by atoms with E-state index >= 15 is 0 Å². The van der Waals surface area contributed by atoms with Crippen LogP contribution in [0.5, 0.6) is 11.6 Å². The number of ether oxygens (including phenoxy) is 2. The van der Waals surface area contributed by atoms with Crippen LogP contribution in [0.1, 0.15) is 10.5 Å². The van der Waals surface area contributed by atoms with Crippen molar-refractivity contribution in [1.82, 2.24) is 9.97 Å². The summed E-state index contributed by atoms with van der Waals surface area (Å²) in [6, 6.07) is 6.64. The van der Waals surface area contributed by atoms with E-state index in [2.05, 4.69) is 20.0 Å². The number of carbonyl (C=O) groups excluding carboxylic acids is 1. The Hall–Kier alpha value is -2.84. The van der Waals surface area contributed by atoms with Crippen LogP contribution in [0, 0.1) is 0 Å². The zero-order chi connectivity index (χ0) is 16.9. The molecule has 0 saturated heterocycles. The molecule has 0 unspecified atom stereocenters.